The Labute approximate surface area is 207 Å². The Hall–Kier alpha value is -3.22. The van der Waals surface area contributed by atoms with E-state index in [4.69, 9.17) is 16.0 Å². The fourth-order valence-electron chi connectivity index (χ4n) is 4.14. The van der Waals surface area contributed by atoms with E-state index < -0.39 is 0 Å². The molecular weight excluding hydrogens is 468 g/mol. The summed E-state index contributed by atoms with van der Waals surface area (Å²) in [6, 6.07) is 22.9. The first kappa shape index (κ1) is 22.6. The van der Waals surface area contributed by atoms with Crippen molar-refractivity contribution in [2.75, 3.05) is 11.9 Å². The van der Waals surface area contributed by atoms with E-state index in [0.717, 1.165) is 34.4 Å². The maximum absolute atomic E-state index is 13.3. The van der Waals surface area contributed by atoms with E-state index in [1.807, 2.05) is 77.7 Å². The molecule has 2 amide bonds. The predicted molar refractivity (Wildman–Crippen MR) is 136 cm³/mol. The largest absolute Gasteiger partial charge is 0.451 e. The van der Waals surface area contributed by atoms with Crippen LogP contribution in [0.5, 0.6) is 0 Å². The summed E-state index contributed by atoms with van der Waals surface area (Å²) in [4.78, 5) is 28.2. The van der Waals surface area contributed by atoms with Crippen LogP contribution in [0.4, 0.5) is 5.69 Å². The number of para-hydroxylation sites is 1. The normalized spacial score (nSPS) is 13.6. The molecule has 0 saturated carbocycles. The molecule has 0 radical (unpaired) electrons. The monoisotopic (exact) mass is 490 g/mol. The van der Waals surface area contributed by atoms with Gasteiger partial charge in [-0.25, -0.2) is 0 Å². The zero-order valence-electron chi connectivity index (χ0n) is 18.4. The summed E-state index contributed by atoms with van der Waals surface area (Å²) in [5.74, 6) is 0.776. The number of thioether (sulfide) groups is 1. The fourth-order valence-corrected chi connectivity index (χ4v) is 5.19. The van der Waals surface area contributed by atoms with Crippen LogP contribution in [0.2, 0.25) is 5.02 Å². The van der Waals surface area contributed by atoms with Crippen molar-refractivity contribution in [2.45, 2.75) is 30.0 Å². The molecule has 1 fully saturated rings. The summed E-state index contributed by atoms with van der Waals surface area (Å²) < 4.78 is 5.99. The summed E-state index contributed by atoms with van der Waals surface area (Å²) in [5, 5.41) is 4.59. The molecule has 0 aliphatic carbocycles. The summed E-state index contributed by atoms with van der Waals surface area (Å²) in [6.45, 7) is 1.33. The van der Waals surface area contributed by atoms with Crippen molar-refractivity contribution < 1.29 is 14.0 Å². The molecular formula is C27H23ClN2O3S. The third-order valence-corrected chi connectivity index (χ3v) is 7.12. The Morgan fingerprint density at radius 3 is 2.68 bits per heavy atom. The number of likely N-dealkylation sites (tertiary alicyclic amines) is 1. The van der Waals surface area contributed by atoms with Crippen LogP contribution in [0, 0.1) is 0 Å². The molecule has 1 aliphatic rings. The molecule has 1 N–H and O–H groups in total. The Bertz CT molecular complexity index is 1350. The zero-order chi connectivity index (χ0) is 23.5. The molecule has 34 heavy (non-hydrogen) atoms. The smallest absolute Gasteiger partial charge is 0.291 e. The minimum atomic E-state index is -0.294. The summed E-state index contributed by atoms with van der Waals surface area (Å²) in [5.41, 5.74) is 3.19. The van der Waals surface area contributed by atoms with Crippen LogP contribution in [-0.4, -0.2) is 23.3 Å². The molecule has 0 spiro atoms. The Morgan fingerprint density at radius 2 is 1.88 bits per heavy atom. The van der Waals surface area contributed by atoms with Gasteiger partial charge in [-0.2, -0.15) is 0 Å². The van der Waals surface area contributed by atoms with Crippen molar-refractivity contribution in [1.82, 2.24) is 4.90 Å². The van der Waals surface area contributed by atoms with Gasteiger partial charge in [-0.1, -0.05) is 41.9 Å². The number of halogens is 1. The average Bonchev–Trinajstić information content (AvgIpc) is 3.42. The van der Waals surface area contributed by atoms with Crippen molar-refractivity contribution in [3.8, 4) is 0 Å². The van der Waals surface area contributed by atoms with Gasteiger partial charge in [0, 0.05) is 51.8 Å². The number of carbonyl (C=O) groups excluding carboxylic acids is 2. The van der Waals surface area contributed by atoms with Crippen molar-refractivity contribution in [3.63, 3.8) is 0 Å². The van der Waals surface area contributed by atoms with Crippen LogP contribution in [-0.2, 0) is 17.1 Å². The van der Waals surface area contributed by atoms with Gasteiger partial charge < -0.3 is 14.6 Å². The quantitative estimate of drug-likeness (QED) is 0.291. The van der Waals surface area contributed by atoms with Crippen molar-refractivity contribution >= 4 is 51.8 Å². The van der Waals surface area contributed by atoms with E-state index in [2.05, 4.69) is 5.32 Å². The van der Waals surface area contributed by atoms with Gasteiger partial charge in [0.1, 0.15) is 5.58 Å². The second-order valence-corrected chi connectivity index (χ2v) is 9.71. The number of carbonyl (C=O) groups is 2. The Kier molecular flexibility index (Phi) is 6.61. The molecule has 0 bridgehead atoms. The van der Waals surface area contributed by atoms with Crippen molar-refractivity contribution in [1.29, 1.82) is 0 Å². The molecule has 172 valence electrons. The molecule has 2 heterocycles. The predicted octanol–water partition coefficient (Wildman–Crippen LogP) is 6.75. The van der Waals surface area contributed by atoms with E-state index in [-0.39, 0.29) is 11.8 Å². The molecule has 7 heteroatoms. The molecule has 1 aliphatic heterocycles. The van der Waals surface area contributed by atoms with Crippen LogP contribution >= 0.6 is 23.4 Å². The highest BCUT2D eigenvalue weighted by Gasteiger charge is 2.22. The van der Waals surface area contributed by atoms with Crippen LogP contribution in [0.3, 0.4) is 0 Å². The lowest BCUT2D eigenvalue weighted by molar-refractivity contribution is -0.128. The van der Waals surface area contributed by atoms with Crippen LogP contribution < -0.4 is 5.32 Å². The third kappa shape index (κ3) is 4.98. The van der Waals surface area contributed by atoms with E-state index in [1.165, 1.54) is 0 Å². The minimum Gasteiger partial charge on any atom is -0.451 e. The van der Waals surface area contributed by atoms with Gasteiger partial charge in [-0.05, 0) is 54.4 Å². The summed E-state index contributed by atoms with van der Waals surface area (Å²) in [7, 11) is 0. The van der Waals surface area contributed by atoms with E-state index in [9.17, 15) is 9.59 Å². The fraction of sp³-hybridized carbons (Fsp3) is 0.185. The van der Waals surface area contributed by atoms with Gasteiger partial charge in [0.25, 0.3) is 5.91 Å². The highest BCUT2D eigenvalue weighted by atomic mass is 35.5. The molecule has 4 aromatic rings. The van der Waals surface area contributed by atoms with E-state index >= 15 is 0 Å². The van der Waals surface area contributed by atoms with Gasteiger partial charge in [0.15, 0.2) is 5.76 Å². The summed E-state index contributed by atoms with van der Waals surface area (Å²) >= 11 is 7.63. The molecule has 0 unspecified atom stereocenters. The first-order valence-corrected chi connectivity index (χ1v) is 12.5. The highest BCUT2D eigenvalue weighted by Crippen LogP contribution is 2.33. The van der Waals surface area contributed by atoms with Crippen molar-refractivity contribution in [3.05, 3.63) is 94.7 Å². The number of nitrogens with zero attached hydrogens (tertiary/aromatic N) is 1. The van der Waals surface area contributed by atoms with Crippen LogP contribution in [0.25, 0.3) is 11.0 Å². The number of nitrogens with one attached hydrogen (secondary N) is 1. The van der Waals surface area contributed by atoms with E-state index in [1.54, 1.807) is 11.8 Å². The van der Waals surface area contributed by atoms with Crippen molar-refractivity contribution in [2.24, 2.45) is 0 Å². The lowest BCUT2D eigenvalue weighted by Gasteiger charge is -2.16. The number of fused-ring (bicyclic) bond motifs is 1. The average molecular weight is 491 g/mol. The van der Waals surface area contributed by atoms with E-state index in [0.29, 0.717) is 40.8 Å². The lowest BCUT2D eigenvalue weighted by atomic mass is 10.1. The van der Waals surface area contributed by atoms with Crippen LogP contribution in [0.15, 0.2) is 82.1 Å². The molecule has 5 rings (SSSR count). The zero-order valence-corrected chi connectivity index (χ0v) is 20.0. The number of hydrogen-bond donors (Lipinski definition) is 1. The molecule has 0 atom stereocenters. The van der Waals surface area contributed by atoms with Gasteiger partial charge >= 0.3 is 0 Å². The number of amides is 2. The first-order valence-electron chi connectivity index (χ1n) is 11.1. The first-order chi connectivity index (χ1) is 16.6. The maximum Gasteiger partial charge on any atom is 0.291 e. The van der Waals surface area contributed by atoms with Gasteiger partial charge in [0.05, 0.1) is 0 Å². The van der Waals surface area contributed by atoms with Gasteiger partial charge in [-0.3, -0.25) is 9.59 Å². The third-order valence-electron chi connectivity index (χ3n) is 5.83. The Morgan fingerprint density at radius 1 is 1.06 bits per heavy atom. The topological polar surface area (TPSA) is 62.6 Å². The SMILES string of the molecule is O=C(Nc1cccc(CN2CCCC2=O)c1)c1oc2ccccc2c1CSc1ccc(Cl)cc1. The number of hydrogen-bond acceptors (Lipinski definition) is 4. The summed E-state index contributed by atoms with van der Waals surface area (Å²) in [6.07, 6.45) is 1.51. The Balaban J connectivity index is 1.36. The molecule has 3 aromatic carbocycles. The standard InChI is InChI=1S/C27H23ClN2O3S/c28-19-10-12-21(13-11-19)34-17-23-22-7-1-2-8-24(22)33-26(23)27(32)29-20-6-3-5-18(15-20)16-30-14-4-9-25(30)31/h1-3,5-8,10-13,15H,4,9,14,16-17H2,(H,29,32). The second-order valence-electron chi connectivity index (χ2n) is 8.22. The van der Waals surface area contributed by atoms with Crippen LogP contribution in [0.1, 0.15) is 34.5 Å². The second kappa shape index (κ2) is 9.95. The number of rotatable bonds is 7. The molecule has 1 aromatic heterocycles. The van der Waals surface area contributed by atoms with Gasteiger partial charge in [-0.15, -0.1) is 11.8 Å². The number of anilines is 1. The van der Waals surface area contributed by atoms with Gasteiger partial charge in [0.2, 0.25) is 5.91 Å². The highest BCUT2D eigenvalue weighted by molar-refractivity contribution is 7.98. The number of furan rings is 1. The maximum atomic E-state index is 13.3. The molecule has 5 nitrogen and oxygen atoms in total. The molecule has 1 saturated heterocycles. The minimum absolute atomic E-state index is 0.180. The lowest BCUT2D eigenvalue weighted by Crippen LogP contribution is -2.23. The number of benzene rings is 3.